The van der Waals surface area contributed by atoms with E-state index >= 15 is 0 Å². The number of unbranched alkanes of at least 4 members (excludes halogenated alkanes) is 1. The standard InChI is InChI=1S/C39H58N4O3/c1-6-7-21-43(22-11-9-19-35(43)39(45)41-37-30(4)16-13-17-31(37)5)25-33-23-32(26-46-27-33)24-42-20-10-8-18-34(42)38(44)40-36-28(2)14-12-15-29(36)3/h12-17,32-35H,6-11,18-27H2,1-5H3,(H-,40,41,44,45)/p+1. The van der Waals surface area contributed by atoms with E-state index in [0.29, 0.717) is 11.8 Å². The molecule has 0 saturated carbocycles. The summed E-state index contributed by atoms with van der Waals surface area (Å²) in [6, 6.07) is 12.3. The van der Waals surface area contributed by atoms with Gasteiger partial charge >= 0.3 is 0 Å². The van der Waals surface area contributed by atoms with Gasteiger partial charge in [-0.2, -0.15) is 0 Å². The third-order valence-electron chi connectivity index (χ3n) is 11.1. The third kappa shape index (κ3) is 8.21. The number of aryl methyl sites for hydroxylation is 4. The molecule has 5 unspecified atom stereocenters. The summed E-state index contributed by atoms with van der Waals surface area (Å²) in [6.45, 7) is 17.1. The van der Waals surface area contributed by atoms with Crippen LogP contribution in [-0.4, -0.2) is 79.2 Å². The van der Waals surface area contributed by atoms with E-state index in [4.69, 9.17) is 4.74 Å². The highest BCUT2D eigenvalue weighted by molar-refractivity contribution is 5.96. The second-order valence-corrected chi connectivity index (χ2v) is 14.7. The number of nitrogens with one attached hydrogen (secondary N) is 2. The first-order valence-corrected chi connectivity index (χ1v) is 18.1. The first-order chi connectivity index (χ1) is 22.2. The number of piperidine rings is 2. The van der Waals surface area contributed by atoms with Crippen LogP contribution in [0.5, 0.6) is 0 Å². The highest BCUT2D eigenvalue weighted by Crippen LogP contribution is 2.34. The topological polar surface area (TPSA) is 70.7 Å². The lowest BCUT2D eigenvalue weighted by Gasteiger charge is -2.49. The van der Waals surface area contributed by atoms with Gasteiger partial charge in [0.1, 0.15) is 0 Å². The normalized spacial score (nSPS) is 27.2. The van der Waals surface area contributed by atoms with Gasteiger partial charge in [0, 0.05) is 30.3 Å². The molecule has 0 spiro atoms. The lowest BCUT2D eigenvalue weighted by molar-refractivity contribution is -0.950. The molecule has 3 saturated heterocycles. The number of likely N-dealkylation sites (tertiary alicyclic amines) is 2. The molecular formula is C39H59N4O3+. The number of carbonyl (C=O) groups excluding carboxylic acids is 2. The molecule has 0 aliphatic carbocycles. The van der Waals surface area contributed by atoms with Crippen LogP contribution in [0.15, 0.2) is 36.4 Å². The molecule has 46 heavy (non-hydrogen) atoms. The van der Waals surface area contributed by atoms with Gasteiger partial charge in [0.15, 0.2) is 6.04 Å². The summed E-state index contributed by atoms with van der Waals surface area (Å²) in [7, 11) is 0. The Morgan fingerprint density at radius 3 is 2.09 bits per heavy atom. The predicted molar refractivity (Wildman–Crippen MR) is 188 cm³/mol. The van der Waals surface area contributed by atoms with Gasteiger partial charge in [-0.15, -0.1) is 0 Å². The number of nitrogens with zero attached hydrogens (tertiary/aromatic N) is 2. The van der Waals surface area contributed by atoms with Crippen LogP contribution in [0.2, 0.25) is 0 Å². The number of benzene rings is 2. The molecule has 2 aromatic rings. The summed E-state index contributed by atoms with van der Waals surface area (Å²) < 4.78 is 7.22. The Labute approximate surface area is 278 Å². The van der Waals surface area contributed by atoms with E-state index in [1.165, 1.54) is 6.42 Å². The van der Waals surface area contributed by atoms with E-state index in [9.17, 15) is 9.59 Å². The zero-order valence-electron chi connectivity index (χ0n) is 29.2. The summed E-state index contributed by atoms with van der Waals surface area (Å²) in [6.07, 6.45) is 9.74. The molecule has 3 aliphatic heterocycles. The highest BCUT2D eigenvalue weighted by atomic mass is 16.5. The first-order valence-electron chi connectivity index (χ1n) is 18.1. The van der Waals surface area contributed by atoms with Crippen molar-refractivity contribution in [1.29, 1.82) is 0 Å². The second-order valence-electron chi connectivity index (χ2n) is 14.7. The van der Waals surface area contributed by atoms with Crippen molar-refractivity contribution in [2.24, 2.45) is 11.8 Å². The average molecular weight is 632 g/mol. The quantitative estimate of drug-likeness (QED) is 0.258. The molecule has 5 atom stereocenters. The monoisotopic (exact) mass is 631 g/mol. The molecular weight excluding hydrogens is 572 g/mol. The minimum Gasteiger partial charge on any atom is -0.381 e. The fraction of sp³-hybridized carbons (Fsp3) is 0.641. The number of hydrogen-bond donors (Lipinski definition) is 2. The molecule has 7 heteroatoms. The smallest absolute Gasteiger partial charge is 0.282 e. The van der Waals surface area contributed by atoms with Gasteiger partial charge in [0.25, 0.3) is 5.91 Å². The Morgan fingerprint density at radius 2 is 1.43 bits per heavy atom. The van der Waals surface area contributed by atoms with Crippen LogP contribution in [-0.2, 0) is 14.3 Å². The number of ether oxygens (including phenoxy) is 1. The number of amides is 2. The summed E-state index contributed by atoms with van der Waals surface area (Å²) in [5.41, 5.74) is 6.40. The summed E-state index contributed by atoms with van der Waals surface area (Å²) in [5.74, 6) is 1.12. The maximum atomic E-state index is 14.1. The summed E-state index contributed by atoms with van der Waals surface area (Å²) in [5, 5.41) is 6.68. The zero-order chi connectivity index (χ0) is 32.7. The van der Waals surface area contributed by atoms with Gasteiger partial charge in [-0.3, -0.25) is 14.5 Å². The lowest BCUT2D eigenvalue weighted by Crippen LogP contribution is -2.64. The number of quaternary nitrogens is 1. The minimum atomic E-state index is -0.101. The Kier molecular flexibility index (Phi) is 12.0. The van der Waals surface area contributed by atoms with Crippen molar-refractivity contribution in [1.82, 2.24) is 4.90 Å². The molecule has 5 rings (SSSR count). The average Bonchev–Trinajstić information content (AvgIpc) is 3.04. The van der Waals surface area contributed by atoms with Crippen LogP contribution >= 0.6 is 0 Å². The second kappa shape index (κ2) is 15.9. The van der Waals surface area contributed by atoms with Gasteiger partial charge in [0.05, 0.1) is 38.9 Å². The Balaban J connectivity index is 1.27. The van der Waals surface area contributed by atoms with Gasteiger partial charge < -0.3 is 19.9 Å². The van der Waals surface area contributed by atoms with Crippen molar-refractivity contribution in [2.75, 3.05) is 56.6 Å². The van der Waals surface area contributed by atoms with Crippen LogP contribution in [0.3, 0.4) is 0 Å². The van der Waals surface area contributed by atoms with Gasteiger partial charge in [-0.1, -0.05) is 56.2 Å². The molecule has 3 aliphatic rings. The van der Waals surface area contributed by atoms with E-state index in [1.807, 2.05) is 6.07 Å². The maximum Gasteiger partial charge on any atom is 0.282 e. The number of rotatable bonds is 11. The van der Waals surface area contributed by atoms with Crippen molar-refractivity contribution in [3.05, 3.63) is 58.7 Å². The lowest BCUT2D eigenvalue weighted by atomic mass is 9.87. The van der Waals surface area contributed by atoms with E-state index in [-0.39, 0.29) is 23.9 Å². The van der Waals surface area contributed by atoms with Gasteiger partial charge in [-0.25, -0.2) is 0 Å². The SMILES string of the molecule is CCCC[N+]1(CC2COCC(CN3CCCCC3C(=O)Nc3c(C)cccc3C)C2)CCCCC1C(=O)Nc1c(C)cccc1C. The summed E-state index contributed by atoms with van der Waals surface area (Å²) >= 11 is 0. The molecule has 0 radical (unpaired) electrons. The molecule has 2 aromatic carbocycles. The van der Waals surface area contributed by atoms with Crippen LogP contribution in [0, 0.1) is 39.5 Å². The summed E-state index contributed by atoms with van der Waals surface area (Å²) in [4.78, 5) is 30.2. The fourth-order valence-electron chi connectivity index (χ4n) is 8.68. The van der Waals surface area contributed by atoms with Gasteiger partial charge in [-0.05, 0) is 101 Å². The molecule has 3 heterocycles. The van der Waals surface area contributed by atoms with E-state index in [0.717, 1.165) is 135 Å². The van der Waals surface area contributed by atoms with Gasteiger partial charge in [0.2, 0.25) is 5.91 Å². The molecule has 0 aromatic heterocycles. The molecule has 7 nitrogen and oxygen atoms in total. The molecule has 252 valence electrons. The number of carbonyl (C=O) groups is 2. The Hall–Kier alpha value is -2.74. The Morgan fingerprint density at radius 1 is 0.826 bits per heavy atom. The molecule has 3 fully saturated rings. The minimum absolute atomic E-state index is 0.0280. The fourth-order valence-corrected chi connectivity index (χ4v) is 8.68. The van der Waals surface area contributed by atoms with Crippen LogP contribution in [0.25, 0.3) is 0 Å². The van der Waals surface area contributed by atoms with E-state index in [2.05, 4.69) is 80.5 Å². The van der Waals surface area contributed by atoms with E-state index < -0.39 is 0 Å². The molecule has 2 amide bonds. The van der Waals surface area contributed by atoms with Crippen molar-refractivity contribution < 1.29 is 18.8 Å². The largest absolute Gasteiger partial charge is 0.381 e. The number of anilines is 2. The molecule has 2 N–H and O–H groups in total. The highest BCUT2D eigenvalue weighted by Gasteiger charge is 2.46. The van der Waals surface area contributed by atoms with Crippen LogP contribution in [0.1, 0.15) is 87.0 Å². The third-order valence-corrected chi connectivity index (χ3v) is 11.1. The zero-order valence-corrected chi connectivity index (χ0v) is 29.2. The van der Waals surface area contributed by atoms with Crippen molar-refractivity contribution in [3.8, 4) is 0 Å². The predicted octanol–water partition coefficient (Wildman–Crippen LogP) is 7.17. The van der Waals surface area contributed by atoms with Crippen molar-refractivity contribution in [2.45, 2.75) is 104 Å². The van der Waals surface area contributed by atoms with E-state index in [1.54, 1.807) is 0 Å². The van der Waals surface area contributed by atoms with Crippen LogP contribution < -0.4 is 10.6 Å². The van der Waals surface area contributed by atoms with Crippen LogP contribution in [0.4, 0.5) is 11.4 Å². The maximum absolute atomic E-state index is 14.1. The first kappa shape index (κ1) is 34.6. The van der Waals surface area contributed by atoms with Crippen molar-refractivity contribution in [3.63, 3.8) is 0 Å². The molecule has 0 bridgehead atoms. The van der Waals surface area contributed by atoms with Crippen molar-refractivity contribution >= 4 is 23.2 Å². The number of hydrogen-bond acceptors (Lipinski definition) is 4. The number of para-hydroxylation sites is 2. The Bertz CT molecular complexity index is 1300.